The molecule has 1 rings (SSSR count). The van der Waals surface area contributed by atoms with Crippen molar-refractivity contribution in [1.29, 1.82) is 0 Å². The van der Waals surface area contributed by atoms with E-state index >= 15 is 0 Å². The Balaban J connectivity index is 2.89. The third-order valence-corrected chi connectivity index (χ3v) is 3.35. The molecule has 0 bridgehead atoms. The lowest BCUT2D eigenvalue weighted by Gasteiger charge is -1.97. The highest BCUT2D eigenvalue weighted by atomic mass is 35.5. The van der Waals surface area contributed by atoms with Gasteiger partial charge < -0.3 is 0 Å². The monoisotopic (exact) mass is 214 g/mol. The molecule has 0 fully saturated rings. The van der Waals surface area contributed by atoms with Gasteiger partial charge in [-0.3, -0.25) is 4.79 Å². The normalized spacial score (nSPS) is 10.1. The Morgan fingerprint density at radius 1 is 1.69 bits per heavy atom. The van der Waals surface area contributed by atoms with Crippen molar-refractivity contribution in [3.63, 3.8) is 0 Å². The molecule has 0 aliphatic carbocycles. The summed E-state index contributed by atoms with van der Waals surface area (Å²) in [4.78, 5) is 12.2. The number of carbonyl (C=O) groups is 1. The van der Waals surface area contributed by atoms with Gasteiger partial charge in [-0.2, -0.15) is 0 Å². The maximum atomic E-state index is 11.6. The first kappa shape index (κ1) is 10.5. The Hall–Kier alpha value is -0.600. The summed E-state index contributed by atoms with van der Waals surface area (Å²) in [7, 11) is 0. The summed E-state index contributed by atoms with van der Waals surface area (Å²) >= 11 is 7.35. The van der Waals surface area contributed by atoms with Gasteiger partial charge in [-0.15, -0.1) is 11.3 Å². The molecule has 0 radical (unpaired) electrons. The maximum absolute atomic E-state index is 11.6. The Bertz CT molecular complexity index is 352. The fourth-order valence-corrected chi connectivity index (χ4v) is 2.21. The van der Waals surface area contributed by atoms with Crippen molar-refractivity contribution < 1.29 is 4.79 Å². The molecule has 3 heteroatoms. The first-order chi connectivity index (χ1) is 6.02. The first-order valence-electron chi connectivity index (χ1n) is 3.93. The number of hydrogen-bond acceptors (Lipinski definition) is 2. The molecule has 0 N–H and O–H groups in total. The van der Waals surface area contributed by atoms with Gasteiger partial charge >= 0.3 is 0 Å². The van der Waals surface area contributed by atoms with Gasteiger partial charge in [-0.05, 0) is 24.8 Å². The minimum Gasteiger partial charge on any atom is -0.293 e. The molecule has 0 aromatic carbocycles. The Kier molecular flexibility index (Phi) is 3.28. The summed E-state index contributed by atoms with van der Waals surface area (Å²) in [5, 5.41) is 2.49. The second-order valence-electron chi connectivity index (χ2n) is 3.12. The Morgan fingerprint density at radius 3 is 2.69 bits per heavy atom. The quantitative estimate of drug-likeness (QED) is 0.552. The lowest BCUT2D eigenvalue weighted by atomic mass is 10.1. The second kappa shape index (κ2) is 4.07. The molecule has 70 valence electrons. The predicted octanol–water partition coefficient (Wildman–Crippen LogP) is 3.86. The zero-order chi connectivity index (χ0) is 10.0. The van der Waals surface area contributed by atoms with Crippen molar-refractivity contribution in [3.8, 4) is 0 Å². The molecule has 0 unspecified atom stereocenters. The van der Waals surface area contributed by atoms with E-state index in [2.05, 4.69) is 6.58 Å². The van der Waals surface area contributed by atoms with Gasteiger partial charge in [-0.1, -0.05) is 23.8 Å². The smallest absolute Gasteiger partial charge is 0.178 e. The SMILES string of the molecule is C=C(C)CC(=O)c1scc(C)c1Cl. The largest absolute Gasteiger partial charge is 0.293 e. The van der Waals surface area contributed by atoms with E-state index in [9.17, 15) is 4.79 Å². The second-order valence-corrected chi connectivity index (χ2v) is 4.38. The minimum absolute atomic E-state index is 0.0654. The van der Waals surface area contributed by atoms with E-state index in [0.717, 1.165) is 11.1 Å². The molecule has 13 heavy (non-hydrogen) atoms. The van der Waals surface area contributed by atoms with Gasteiger partial charge in [-0.25, -0.2) is 0 Å². The molecule has 1 heterocycles. The van der Waals surface area contributed by atoms with E-state index in [1.165, 1.54) is 11.3 Å². The predicted molar refractivity (Wildman–Crippen MR) is 57.8 cm³/mol. The zero-order valence-corrected chi connectivity index (χ0v) is 9.26. The van der Waals surface area contributed by atoms with Gasteiger partial charge in [0.25, 0.3) is 0 Å². The van der Waals surface area contributed by atoms with Crippen LogP contribution in [0, 0.1) is 6.92 Å². The van der Waals surface area contributed by atoms with Crippen molar-refractivity contribution in [3.05, 3.63) is 33.0 Å². The fraction of sp³-hybridized carbons (Fsp3) is 0.300. The first-order valence-corrected chi connectivity index (χ1v) is 5.19. The fourth-order valence-electron chi connectivity index (χ4n) is 0.972. The summed E-state index contributed by atoms with van der Waals surface area (Å²) in [5.74, 6) is 0.0654. The van der Waals surface area contributed by atoms with Crippen molar-refractivity contribution in [1.82, 2.24) is 0 Å². The van der Waals surface area contributed by atoms with Gasteiger partial charge in [0, 0.05) is 6.42 Å². The van der Waals surface area contributed by atoms with Crippen LogP contribution in [-0.2, 0) is 0 Å². The molecule has 1 aromatic rings. The average Bonchev–Trinajstić information content (AvgIpc) is 2.31. The number of thiophene rings is 1. The van der Waals surface area contributed by atoms with Crippen molar-refractivity contribution in [2.24, 2.45) is 0 Å². The number of hydrogen-bond donors (Lipinski definition) is 0. The average molecular weight is 215 g/mol. The number of allylic oxidation sites excluding steroid dienone is 1. The number of halogens is 1. The molecule has 0 aliphatic heterocycles. The van der Waals surface area contributed by atoms with E-state index in [0.29, 0.717) is 16.3 Å². The van der Waals surface area contributed by atoms with Gasteiger partial charge in [0.05, 0.1) is 9.90 Å². The maximum Gasteiger partial charge on any atom is 0.178 e. The van der Waals surface area contributed by atoms with Gasteiger partial charge in [0.2, 0.25) is 0 Å². The van der Waals surface area contributed by atoms with Gasteiger partial charge in [0.1, 0.15) is 0 Å². The number of rotatable bonds is 3. The minimum atomic E-state index is 0.0654. The Morgan fingerprint density at radius 2 is 2.31 bits per heavy atom. The van der Waals surface area contributed by atoms with Crippen LogP contribution >= 0.6 is 22.9 Å². The number of carbonyl (C=O) groups excluding carboxylic acids is 1. The summed E-state index contributed by atoms with van der Waals surface area (Å²) in [6.45, 7) is 7.44. The van der Waals surface area contributed by atoms with Crippen molar-refractivity contribution in [2.75, 3.05) is 0 Å². The lowest BCUT2D eigenvalue weighted by molar-refractivity contribution is 0.0997. The molecule has 0 amide bonds. The van der Waals surface area contributed by atoms with E-state index in [-0.39, 0.29) is 5.78 Å². The molecule has 0 saturated heterocycles. The van der Waals surface area contributed by atoms with Crippen LogP contribution in [0.15, 0.2) is 17.5 Å². The lowest BCUT2D eigenvalue weighted by Crippen LogP contribution is -1.96. The third kappa shape index (κ3) is 2.42. The number of aryl methyl sites for hydroxylation is 1. The van der Waals surface area contributed by atoms with Gasteiger partial charge in [0.15, 0.2) is 5.78 Å². The molecule has 0 aliphatic rings. The summed E-state index contributed by atoms with van der Waals surface area (Å²) in [6, 6.07) is 0. The van der Waals surface area contributed by atoms with E-state index in [1.54, 1.807) is 0 Å². The van der Waals surface area contributed by atoms with E-state index < -0.39 is 0 Å². The topological polar surface area (TPSA) is 17.1 Å². The summed E-state index contributed by atoms with van der Waals surface area (Å²) < 4.78 is 0. The molecule has 1 nitrogen and oxygen atoms in total. The third-order valence-electron chi connectivity index (χ3n) is 1.61. The molecule has 0 saturated carbocycles. The van der Waals surface area contributed by atoms with Crippen LogP contribution in [0.4, 0.5) is 0 Å². The van der Waals surface area contributed by atoms with Crippen LogP contribution < -0.4 is 0 Å². The standard InChI is InChI=1S/C10H11ClOS/c1-6(2)4-8(12)10-9(11)7(3)5-13-10/h5H,1,4H2,2-3H3. The highest BCUT2D eigenvalue weighted by Crippen LogP contribution is 2.28. The van der Waals surface area contributed by atoms with Crippen molar-refractivity contribution >= 4 is 28.7 Å². The summed E-state index contributed by atoms with van der Waals surface area (Å²) in [6.07, 6.45) is 0.389. The number of Topliss-reactive ketones (excluding diaryl/α,β-unsaturated/α-hetero) is 1. The van der Waals surface area contributed by atoms with Crippen molar-refractivity contribution in [2.45, 2.75) is 20.3 Å². The summed E-state index contributed by atoms with van der Waals surface area (Å²) in [5.41, 5.74) is 1.84. The van der Waals surface area contributed by atoms with Crippen LogP contribution in [-0.4, -0.2) is 5.78 Å². The Labute approximate surface area is 87.0 Å². The molecule has 0 atom stereocenters. The molecular weight excluding hydrogens is 204 g/mol. The zero-order valence-electron chi connectivity index (χ0n) is 7.69. The highest BCUT2D eigenvalue weighted by Gasteiger charge is 2.13. The van der Waals surface area contributed by atoms with E-state index in [1.807, 2.05) is 19.2 Å². The molecule has 0 spiro atoms. The van der Waals surface area contributed by atoms with Crippen LogP contribution in [0.2, 0.25) is 5.02 Å². The highest BCUT2D eigenvalue weighted by molar-refractivity contribution is 7.13. The molecular formula is C10H11ClOS. The number of ketones is 1. The van der Waals surface area contributed by atoms with E-state index in [4.69, 9.17) is 11.6 Å². The van der Waals surface area contributed by atoms with Crippen LogP contribution in [0.1, 0.15) is 28.6 Å². The molecule has 1 aromatic heterocycles. The van der Waals surface area contributed by atoms with Crippen LogP contribution in [0.5, 0.6) is 0 Å². The van der Waals surface area contributed by atoms with Crippen LogP contribution in [0.3, 0.4) is 0 Å². The van der Waals surface area contributed by atoms with Crippen LogP contribution in [0.25, 0.3) is 0 Å².